The number of ether oxygens (including phenoxy) is 1. The summed E-state index contributed by atoms with van der Waals surface area (Å²) >= 11 is 0. The smallest absolute Gasteiger partial charge is 0.371 e. The summed E-state index contributed by atoms with van der Waals surface area (Å²) in [7, 11) is -3.57. The van der Waals surface area contributed by atoms with E-state index in [1.165, 1.54) is 4.31 Å². The van der Waals surface area contributed by atoms with Crippen molar-refractivity contribution in [2.75, 3.05) is 25.5 Å². The summed E-state index contributed by atoms with van der Waals surface area (Å²) in [5, 5.41) is 0. The zero-order valence-corrected chi connectivity index (χ0v) is 12.4. The molecule has 0 rings (SSSR count). The van der Waals surface area contributed by atoms with Crippen LogP contribution in [0.25, 0.3) is 0 Å². The van der Waals surface area contributed by atoms with Gasteiger partial charge in [0, 0.05) is 12.6 Å². The molecule has 0 atom stereocenters. The molecule has 0 spiro atoms. The quantitative estimate of drug-likeness (QED) is 0.615. The number of sulfonamides is 1. The molecule has 0 amide bonds. The highest BCUT2D eigenvalue weighted by Crippen LogP contribution is 2.15. The number of hydrogen-bond acceptors (Lipinski definition) is 3. The van der Waals surface area contributed by atoms with Crippen molar-refractivity contribution in [1.82, 2.24) is 4.31 Å². The van der Waals surface area contributed by atoms with Gasteiger partial charge in [-0.05, 0) is 20.3 Å². The first-order chi connectivity index (χ1) is 8.60. The van der Waals surface area contributed by atoms with Crippen LogP contribution >= 0.6 is 0 Å². The molecule has 116 valence electrons. The number of unbranched alkanes of at least 4 members (excludes halogenated alkanes) is 1. The Morgan fingerprint density at radius 3 is 2.26 bits per heavy atom. The van der Waals surface area contributed by atoms with E-state index in [1.807, 2.05) is 6.92 Å². The van der Waals surface area contributed by atoms with E-state index in [-0.39, 0.29) is 6.04 Å². The van der Waals surface area contributed by atoms with Gasteiger partial charge in [0.05, 0.1) is 12.4 Å². The molecule has 8 heteroatoms. The minimum absolute atomic E-state index is 0.209. The maximum Gasteiger partial charge on any atom is 0.411 e. The summed E-state index contributed by atoms with van der Waals surface area (Å²) in [5.41, 5.74) is 0. The van der Waals surface area contributed by atoms with Gasteiger partial charge >= 0.3 is 6.18 Å². The first-order valence-electron chi connectivity index (χ1n) is 6.24. The van der Waals surface area contributed by atoms with Gasteiger partial charge in [-0.2, -0.15) is 17.5 Å². The number of alkyl halides is 3. The largest absolute Gasteiger partial charge is 0.411 e. The second-order valence-electron chi connectivity index (χ2n) is 4.54. The topological polar surface area (TPSA) is 46.6 Å². The Balaban J connectivity index is 4.33. The lowest BCUT2D eigenvalue weighted by Crippen LogP contribution is -2.40. The van der Waals surface area contributed by atoms with Crippen LogP contribution in [-0.2, 0) is 14.8 Å². The molecule has 0 radical (unpaired) electrons. The van der Waals surface area contributed by atoms with E-state index in [2.05, 4.69) is 4.74 Å². The number of nitrogens with zero attached hydrogens (tertiary/aromatic N) is 1. The van der Waals surface area contributed by atoms with Gasteiger partial charge in [-0.1, -0.05) is 13.3 Å². The normalized spacial score (nSPS) is 13.5. The van der Waals surface area contributed by atoms with Gasteiger partial charge in [0.25, 0.3) is 0 Å². The first kappa shape index (κ1) is 18.7. The molecule has 0 bridgehead atoms. The van der Waals surface area contributed by atoms with E-state index in [4.69, 9.17) is 0 Å². The van der Waals surface area contributed by atoms with Gasteiger partial charge < -0.3 is 4.74 Å². The molecule has 0 N–H and O–H groups in total. The summed E-state index contributed by atoms with van der Waals surface area (Å²) in [6.07, 6.45) is -2.85. The third-order valence-corrected chi connectivity index (χ3v) is 4.42. The van der Waals surface area contributed by atoms with E-state index >= 15 is 0 Å². The predicted molar refractivity (Wildman–Crippen MR) is 67.4 cm³/mol. The zero-order chi connectivity index (χ0) is 15.1. The maximum atomic E-state index is 12.0. The van der Waals surface area contributed by atoms with Crippen LogP contribution in [0.1, 0.15) is 33.6 Å². The van der Waals surface area contributed by atoms with Crippen LogP contribution in [0.2, 0.25) is 0 Å². The third kappa shape index (κ3) is 8.43. The third-order valence-electron chi connectivity index (χ3n) is 2.42. The van der Waals surface area contributed by atoms with Gasteiger partial charge in [0.15, 0.2) is 0 Å². The molecule has 0 aliphatic heterocycles. The van der Waals surface area contributed by atoms with Gasteiger partial charge in [-0.3, -0.25) is 0 Å². The van der Waals surface area contributed by atoms with E-state index in [0.29, 0.717) is 6.54 Å². The highest BCUT2D eigenvalue weighted by Gasteiger charge is 2.28. The lowest BCUT2D eigenvalue weighted by molar-refractivity contribution is -0.172. The molecular formula is C11H22F3NO3S. The van der Waals surface area contributed by atoms with Crippen molar-refractivity contribution >= 4 is 10.0 Å². The number of halogens is 3. The van der Waals surface area contributed by atoms with E-state index in [9.17, 15) is 21.6 Å². The molecule has 0 heterocycles. The highest BCUT2D eigenvalue weighted by molar-refractivity contribution is 7.89. The van der Waals surface area contributed by atoms with Crippen LogP contribution < -0.4 is 0 Å². The predicted octanol–water partition coefficient (Wildman–Crippen LogP) is 2.41. The Hall–Kier alpha value is -0.340. The van der Waals surface area contributed by atoms with Crippen molar-refractivity contribution in [3.05, 3.63) is 0 Å². The van der Waals surface area contributed by atoms with E-state index in [0.717, 1.165) is 12.8 Å². The summed E-state index contributed by atoms with van der Waals surface area (Å²) in [4.78, 5) is 0. The van der Waals surface area contributed by atoms with E-state index in [1.54, 1.807) is 13.8 Å². The summed E-state index contributed by atoms with van der Waals surface area (Å²) in [5.74, 6) is -0.426. The molecule has 4 nitrogen and oxygen atoms in total. The molecule has 0 aromatic carbocycles. The fourth-order valence-corrected chi connectivity index (χ4v) is 3.11. The van der Waals surface area contributed by atoms with Gasteiger partial charge in [0.1, 0.15) is 6.61 Å². The average Bonchev–Trinajstić information content (AvgIpc) is 2.23. The van der Waals surface area contributed by atoms with Crippen molar-refractivity contribution in [1.29, 1.82) is 0 Å². The van der Waals surface area contributed by atoms with Crippen LogP contribution in [0.5, 0.6) is 0 Å². The van der Waals surface area contributed by atoms with Gasteiger partial charge in [0.2, 0.25) is 10.0 Å². The van der Waals surface area contributed by atoms with Crippen molar-refractivity contribution < 1.29 is 26.3 Å². The lowest BCUT2D eigenvalue weighted by atomic mass is 10.3. The van der Waals surface area contributed by atoms with Crippen LogP contribution in [0.3, 0.4) is 0 Å². The summed E-state index contributed by atoms with van der Waals surface area (Å²) in [6.45, 7) is 3.94. The molecule has 0 aliphatic carbocycles. The van der Waals surface area contributed by atoms with Crippen molar-refractivity contribution in [2.45, 2.75) is 45.8 Å². The first-order valence-corrected chi connectivity index (χ1v) is 7.85. The van der Waals surface area contributed by atoms with Crippen LogP contribution in [-0.4, -0.2) is 50.5 Å². The fourth-order valence-electron chi connectivity index (χ4n) is 1.50. The molecular weight excluding hydrogens is 283 g/mol. The maximum absolute atomic E-state index is 12.0. The molecule has 0 aliphatic rings. The zero-order valence-electron chi connectivity index (χ0n) is 11.5. The second-order valence-corrected chi connectivity index (χ2v) is 6.58. The minimum Gasteiger partial charge on any atom is -0.371 e. The fraction of sp³-hybridized carbons (Fsp3) is 1.00. The highest BCUT2D eigenvalue weighted by atomic mass is 32.2. The Labute approximate surface area is 113 Å². The molecule has 0 saturated carbocycles. The Kier molecular flexibility index (Phi) is 7.92. The van der Waals surface area contributed by atoms with Crippen LogP contribution in [0.15, 0.2) is 0 Å². The molecule has 0 saturated heterocycles. The molecule has 0 fully saturated rings. The molecule has 0 unspecified atom stereocenters. The monoisotopic (exact) mass is 305 g/mol. The van der Waals surface area contributed by atoms with Crippen molar-refractivity contribution in [3.63, 3.8) is 0 Å². The van der Waals surface area contributed by atoms with Gasteiger partial charge in [-0.15, -0.1) is 0 Å². The Morgan fingerprint density at radius 2 is 1.84 bits per heavy atom. The number of rotatable bonds is 9. The Bertz CT molecular complexity index is 342. The minimum atomic E-state index is -4.43. The van der Waals surface area contributed by atoms with Gasteiger partial charge in [-0.25, -0.2) is 8.42 Å². The summed E-state index contributed by atoms with van der Waals surface area (Å²) < 4.78 is 65.1. The summed E-state index contributed by atoms with van der Waals surface area (Å²) in [6, 6.07) is -0.209. The molecule has 0 aromatic rings. The van der Waals surface area contributed by atoms with Crippen molar-refractivity contribution in [2.24, 2.45) is 0 Å². The van der Waals surface area contributed by atoms with Crippen molar-refractivity contribution in [3.8, 4) is 0 Å². The second kappa shape index (κ2) is 8.06. The molecule has 19 heavy (non-hydrogen) atoms. The lowest BCUT2D eigenvalue weighted by Gasteiger charge is -2.25. The average molecular weight is 305 g/mol. The van der Waals surface area contributed by atoms with E-state index < -0.39 is 35.2 Å². The van der Waals surface area contributed by atoms with Crippen LogP contribution in [0.4, 0.5) is 13.2 Å². The SMILES string of the molecule is CCCCN(C(C)C)S(=O)(=O)CCOCC(F)(F)F. The number of hydrogen-bond donors (Lipinski definition) is 0. The van der Waals surface area contributed by atoms with Crippen LogP contribution in [0, 0.1) is 0 Å². The standard InChI is InChI=1S/C11H22F3NO3S/c1-4-5-6-15(10(2)3)19(16,17)8-7-18-9-11(12,13)14/h10H,4-9H2,1-3H3. The Morgan fingerprint density at radius 1 is 1.26 bits per heavy atom. The molecule has 0 aromatic heterocycles.